The highest BCUT2D eigenvalue weighted by Gasteiger charge is 2.19. The molecule has 0 bridgehead atoms. The third kappa shape index (κ3) is 3.67. The number of hydrogen-bond acceptors (Lipinski definition) is 4. The Kier molecular flexibility index (Phi) is 4.99. The molecule has 1 aliphatic rings. The molecule has 7 heteroatoms. The summed E-state index contributed by atoms with van der Waals surface area (Å²) < 4.78 is 1.75. The van der Waals surface area contributed by atoms with Gasteiger partial charge in [-0.05, 0) is 33.5 Å². The number of carbonyl (C=O) groups excluding carboxylic acids is 1. The molecule has 0 saturated carbocycles. The molecule has 0 radical (unpaired) electrons. The molecular formula is C17H19BrN4O2. The number of halogens is 1. The third-order valence-corrected chi connectivity index (χ3v) is 4.86. The number of carbonyl (C=O) groups is 1. The summed E-state index contributed by atoms with van der Waals surface area (Å²) in [6, 6.07) is 8.13. The molecule has 0 spiro atoms. The summed E-state index contributed by atoms with van der Waals surface area (Å²) in [5, 5.41) is 7.24. The van der Waals surface area contributed by atoms with Crippen LogP contribution in [0, 0.1) is 0 Å². The number of hydrogen-bond donors (Lipinski definition) is 1. The van der Waals surface area contributed by atoms with Gasteiger partial charge in [-0.2, -0.15) is 5.10 Å². The normalized spacial score (nSPS) is 14.2. The highest BCUT2D eigenvalue weighted by Crippen LogP contribution is 2.18. The van der Waals surface area contributed by atoms with Crippen LogP contribution in [0.3, 0.4) is 0 Å². The topological polar surface area (TPSA) is 67.2 Å². The van der Waals surface area contributed by atoms with Crippen molar-refractivity contribution < 1.29 is 4.79 Å². The van der Waals surface area contributed by atoms with Gasteiger partial charge in [-0.15, -0.1) is 0 Å². The van der Waals surface area contributed by atoms with Crippen molar-refractivity contribution in [2.75, 3.05) is 11.9 Å². The van der Waals surface area contributed by atoms with Crippen LogP contribution >= 0.6 is 15.9 Å². The first-order valence-electron chi connectivity index (χ1n) is 7.86. The van der Waals surface area contributed by atoms with Crippen molar-refractivity contribution in [2.24, 2.45) is 7.05 Å². The Morgan fingerprint density at radius 1 is 1.29 bits per heavy atom. The van der Waals surface area contributed by atoms with Crippen molar-refractivity contribution in [3.05, 3.63) is 56.4 Å². The number of rotatable bonds is 5. The van der Waals surface area contributed by atoms with E-state index in [2.05, 4.69) is 32.4 Å². The van der Waals surface area contributed by atoms with E-state index in [9.17, 15) is 9.59 Å². The van der Waals surface area contributed by atoms with Crippen LogP contribution in [0.25, 0.3) is 0 Å². The van der Waals surface area contributed by atoms with E-state index in [0.29, 0.717) is 29.7 Å². The number of anilines is 1. The van der Waals surface area contributed by atoms with Gasteiger partial charge in [0.25, 0.3) is 5.56 Å². The van der Waals surface area contributed by atoms with Gasteiger partial charge in [0.05, 0.1) is 11.9 Å². The van der Waals surface area contributed by atoms with Crippen molar-refractivity contribution >= 4 is 27.5 Å². The molecule has 1 saturated heterocycles. The van der Waals surface area contributed by atoms with Crippen LogP contribution in [-0.2, 0) is 24.9 Å². The van der Waals surface area contributed by atoms with Gasteiger partial charge in [0.2, 0.25) is 5.91 Å². The second kappa shape index (κ2) is 7.17. The minimum Gasteiger partial charge on any atom is -0.379 e. The number of aromatic nitrogens is 2. The monoisotopic (exact) mass is 390 g/mol. The Hall–Kier alpha value is -2.15. The van der Waals surface area contributed by atoms with Gasteiger partial charge in [0, 0.05) is 33.1 Å². The van der Waals surface area contributed by atoms with Crippen LogP contribution in [0.15, 0.2) is 39.7 Å². The Labute approximate surface area is 148 Å². The number of nitrogens with one attached hydrogen (secondary N) is 1. The molecule has 0 aliphatic carbocycles. The molecule has 24 heavy (non-hydrogen) atoms. The minimum absolute atomic E-state index is 0.179. The fraction of sp³-hybridized carbons (Fsp3) is 0.353. The van der Waals surface area contributed by atoms with E-state index in [1.807, 2.05) is 23.1 Å². The first-order chi connectivity index (χ1) is 11.5. The van der Waals surface area contributed by atoms with Gasteiger partial charge in [-0.25, -0.2) is 4.68 Å². The van der Waals surface area contributed by atoms with Crippen LogP contribution in [0.4, 0.5) is 5.69 Å². The molecular weight excluding hydrogens is 372 g/mol. The van der Waals surface area contributed by atoms with Crippen molar-refractivity contribution in [1.29, 1.82) is 0 Å². The van der Waals surface area contributed by atoms with Gasteiger partial charge >= 0.3 is 0 Å². The summed E-state index contributed by atoms with van der Waals surface area (Å²) in [6.45, 7) is 2.08. The number of amides is 1. The van der Waals surface area contributed by atoms with E-state index in [0.717, 1.165) is 24.1 Å². The number of benzene rings is 1. The van der Waals surface area contributed by atoms with Crippen molar-refractivity contribution in [3.8, 4) is 0 Å². The Morgan fingerprint density at radius 2 is 2.08 bits per heavy atom. The lowest BCUT2D eigenvalue weighted by atomic mass is 10.1. The molecule has 2 heterocycles. The summed E-state index contributed by atoms with van der Waals surface area (Å²) in [4.78, 5) is 25.5. The zero-order chi connectivity index (χ0) is 17.1. The Bertz CT molecular complexity index is 818. The van der Waals surface area contributed by atoms with E-state index < -0.39 is 0 Å². The molecule has 1 aromatic heterocycles. The van der Waals surface area contributed by atoms with E-state index in [4.69, 9.17) is 0 Å². The van der Waals surface area contributed by atoms with Gasteiger partial charge in [0.1, 0.15) is 4.47 Å². The zero-order valence-electron chi connectivity index (χ0n) is 13.5. The minimum atomic E-state index is -0.179. The average Bonchev–Trinajstić information content (AvgIpc) is 2.97. The highest BCUT2D eigenvalue weighted by atomic mass is 79.9. The highest BCUT2D eigenvalue weighted by molar-refractivity contribution is 9.10. The zero-order valence-corrected chi connectivity index (χ0v) is 15.0. The maximum atomic E-state index is 11.9. The molecule has 1 fully saturated rings. The summed E-state index contributed by atoms with van der Waals surface area (Å²) in [7, 11) is 1.61. The van der Waals surface area contributed by atoms with E-state index in [1.165, 1.54) is 4.68 Å². The first kappa shape index (κ1) is 16.7. The molecule has 6 nitrogen and oxygen atoms in total. The summed E-state index contributed by atoms with van der Waals surface area (Å²) >= 11 is 3.30. The van der Waals surface area contributed by atoms with Gasteiger partial charge in [-0.3, -0.25) is 9.59 Å². The lowest BCUT2D eigenvalue weighted by Gasteiger charge is -2.16. The summed E-state index contributed by atoms with van der Waals surface area (Å²) in [5.41, 5.74) is 2.69. The predicted molar refractivity (Wildman–Crippen MR) is 95.6 cm³/mol. The van der Waals surface area contributed by atoms with Crippen LogP contribution < -0.4 is 10.9 Å². The number of nitrogens with zero attached hydrogens (tertiary/aromatic N) is 3. The number of aryl methyl sites for hydroxylation is 1. The first-order valence-corrected chi connectivity index (χ1v) is 8.65. The van der Waals surface area contributed by atoms with Crippen LogP contribution in [0.1, 0.15) is 24.0 Å². The van der Waals surface area contributed by atoms with Gasteiger partial charge in [-0.1, -0.05) is 24.3 Å². The SMILES string of the molecule is Cn1ncc(NCc2cccc(CN3CCCC3=O)c2)c(Br)c1=O. The van der Waals surface area contributed by atoms with E-state index >= 15 is 0 Å². The predicted octanol–water partition coefficient (Wildman–Crippen LogP) is 2.28. The number of likely N-dealkylation sites (tertiary alicyclic amines) is 1. The third-order valence-electron chi connectivity index (χ3n) is 4.10. The lowest BCUT2D eigenvalue weighted by molar-refractivity contribution is -0.128. The molecule has 1 amide bonds. The maximum Gasteiger partial charge on any atom is 0.282 e. The lowest BCUT2D eigenvalue weighted by Crippen LogP contribution is -2.23. The standard InChI is InChI=1S/C17H19BrN4O2/c1-21-17(24)16(18)14(10-20-21)19-9-12-4-2-5-13(8-12)11-22-7-3-6-15(22)23/h2,4-5,8,10,19H,3,6-7,9,11H2,1H3. The van der Waals surface area contributed by atoms with Crippen LogP contribution in [0.5, 0.6) is 0 Å². The Balaban J connectivity index is 1.68. The maximum absolute atomic E-state index is 11.9. The molecule has 1 N–H and O–H groups in total. The molecule has 126 valence electrons. The van der Waals surface area contributed by atoms with Crippen LogP contribution in [0.2, 0.25) is 0 Å². The van der Waals surface area contributed by atoms with E-state index in [1.54, 1.807) is 13.2 Å². The molecule has 1 aromatic carbocycles. The fourth-order valence-electron chi connectivity index (χ4n) is 2.76. The summed E-state index contributed by atoms with van der Waals surface area (Å²) in [5.74, 6) is 0.230. The molecule has 0 unspecified atom stereocenters. The molecule has 0 atom stereocenters. The quantitative estimate of drug-likeness (QED) is 0.850. The van der Waals surface area contributed by atoms with Crippen molar-refractivity contribution in [1.82, 2.24) is 14.7 Å². The van der Waals surface area contributed by atoms with Crippen LogP contribution in [-0.4, -0.2) is 27.1 Å². The second-order valence-corrected chi connectivity index (χ2v) is 6.69. The average molecular weight is 391 g/mol. The summed E-state index contributed by atoms with van der Waals surface area (Å²) in [6.07, 6.45) is 3.23. The second-order valence-electron chi connectivity index (χ2n) is 5.89. The van der Waals surface area contributed by atoms with Gasteiger partial charge < -0.3 is 10.2 Å². The smallest absolute Gasteiger partial charge is 0.282 e. The van der Waals surface area contributed by atoms with Gasteiger partial charge in [0.15, 0.2) is 0 Å². The fourth-order valence-corrected chi connectivity index (χ4v) is 3.26. The molecule has 2 aromatic rings. The van der Waals surface area contributed by atoms with Crippen molar-refractivity contribution in [2.45, 2.75) is 25.9 Å². The Morgan fingerprint density at radius 3 is 2.83 bits per heavy atom. The molecule has 1 aliphatic heterocycles. The molecule has 3 rings (SSSR count). The van der Waals surface area contributed by atoms with Crippen molar-refractivity contribution in [3.63, 3.8) is 0 Å². The van der Waals surface area contributed by atoms with E-state index in [-0.39, 0.29) is 11.5 Å². The largest absolute Gasteiger partial charge is 0.379 e.